The molecule has 0 bridgehead atoms. The molecule has 0 radical (unpaired) electrons. The Bertz CT molecular complexity index is 1000. The van der Waals surface area contributed by atoms with Crippen molar-refractivity contribution in [3.8, 4) is 22.3 Å². The van der Waals surface area contributed by atoms with E-state index in [-0.39, 0.29) is 17.7 Å². The quantitative estimate of drug-likeness (QED) is 0.676. The van der Waals surface area contributed by atoms with Gasteiger partial charge in [-0.05, 0) is 36.2 Å². The van der Waals surface area contributed by atoms with Crippen LogP contribution in [0.2, 0.25) is 0 Å². The van der Waals surface area contributed by atoms with E-state index < -0.39 is 11.7 Å². The summed E-state index contributed by atoms with van der Waals surface area (Å²) in [6, 6.07) is 11.8. The lowest BCUT2D eigenvalue weighted by Gasteiger charge is -2.07. The van der Waals surface area contributed by atoms with Gasteiger partial charge in [-0.15, -0.1) is 11.3 Å². The number of phenolic OH excluding ortho intramolecular Hbond substituents is 1. The zero-order valence-corrected chi connectivity index (χ0v) is 14.4. The molecule has 0 aliphatic heterocycles. The van der Waals surface area contributed by atoms with Crippen LogP contribution in [0.1, 0.15) is 27.4 Å². The van der Waals surface area contributed by atoms with Crippen molar-refractivity contribution >= 4 is 11.3 Å². The summed E-state index contributed by atoms with van der Waals surface area (Å²) in [6.07, 6.45) is -4.09. The van der Waals surface area contributed by atoms with Crippen LogP contribution in [0.3, 0.4) is 0 Å². The van der Waals surface area contributed by atoms with E-state index in [9.17, 15) is 18.3 Å². The zero-order chi connectivity index (χ0) is 18.9. The van der Waals surface area contributed by atoms with E-state index in [1.165, 1.54) is 29.5 Å². The third-order valence-electron chi connectivity index (χ3n) is 3.83. The van der Waals surface area contributed by atoms with Crippen molar-refractivity contribution in [3.63, 3.8) is 0 Å². The number of benzene rings is 2. The first-order valence-corrected chi connectivity index (χ1v) is 8.45. The van der Waals surface area contributed by atoms with E-state index in [1.54, 1.807) is 19.1 Å². The molecule has 0 saturated heterocycles. The number of alkyl halides is 3. The number of thiazole rings is 1. The molecule has 0 atom stereocenters. The predicted molar refractivity (Wildman–Crippen MR) is 92.9 cm³/mol. The van der Waals surface area contributed by atoms with Gasteiger partial charge in [0.15, 0.2) is 0 Å². The molecule has 0 fully saturated rings. The Labute approximate surface area is 152 Å². The van der Waals surface area contributed by atoms with Gasteiger partial charge in [-0.25, -0.2) is 4.98 Å². The fourth-order valence-corrected chi connectivity index (χ4v) is 3.69. The summed E-state index contributed by atoms with van der Waals surface area (Å²) < 4.78 is 38.5. The van der Waals surface area contributed by atoms with Crippen molar-refractivity contribution in [1.29, 1.82) is 5.26 Å². The monoisotopic (exact) mass is 374 g/mol. The molecule has 3 aromatic rings. The summed E-state index contributed by atoms with van der Waals surface area (Å²) in [4.78, 5) is 5.25. The third kappa shape index (κ3) is 3.70. The third-order valence-corrected chi connectivity index (χ3v) is 5.04. The molecule has 0 amide bonds. The minimum atomic E-state index is -4.38. The largest absolute Gasteiger partial charge is 0.507 e. The molecule has 0 saturated carbocycles. The average Bonchev–Trinajstić information content (AvgIpc) is 2.94. The summed E-state index contributed by atoms with van der Waals surface area (Å²) in [7, 11) is 0. The van der Waals surface area contributed by atoms with E-state index in [0.717, 1.165) is 22.7 Å². The van der Waals surface area contributed by atoms with Gasteiger partial charge >= 0.3 is 6.18 Å². The highest BCUT2D eigenvalue weighted by Gasteiger charge is 2.30. The molecule has 0 aliphatic rings. The number of rotatable bonds is 3. The highest BCUT2D eigenvalue weighted by molar-refractivity contribution is 7.15. The van der Waals surface area contributed by atoms with Crippen LogP contribution >= 0.6 is 11.3 Å². The van der Waals surface area contributed by atoms with Crippen molar-refractivity contribution in [2.75, 3.05) is 0 Å². The molecule has 2 aromatic carbocycles. The van der Waals surface area contributed by atoms with Gasteiger partial charge in [-0.2, -0.15) is 18.4 Å². The van der Waals surface area contributed by atoms with E-state index in [0.29, 0.717) is 16.1 Å². The number of hydrogen-bond donors (Lipinski definition) is 1. The molecule has 1 heterocycles. The maximum absolute atomic E-state index is 12.8. The highest BCUT2D eigenvalue weighted by atomic mass is 32.1. The minimum absolute atomic E-state index is 0.114. The van der Waals surface area contributed by atoms with Gasteiger partial charge in [0, 0.05) is 6.42 Å². The molecule has 3 rings (SSSR count). The van der Waals surface area contributed by atoms with Gasteiger partial charge in [-0.1, -0.05) is 24.3 Å². The Kier molecular flexibility index (Phi) is 4.70. The fourth-order valence-electron chi connectivity index (χ4n) is 2.60. The summed E-state index contributed by atoms with van der Waals surface area (Å²) in [5.74, 6) is -0.114. The molecule has 1 aromatic heterocycles. The minimum Gasteiger partial charge on any atom is -0.507 e. The Balaban J connectivity index is 1.90. The van der Waals surface area contributed by atoms with Gasteiger partial charge in [0.25, 0.3) is 0 Å². The van der Waals surface area contributed by atoms with Gasteiger partial charge in [0.1, 0.15) is 11.8 Å². The Morgan fingerprint density at radius 2 is 1.96 bits per heavy atom. The van der Waals surface area contributed by atoms with E-state index in [4.69, 9.17) is 5.26 Å². The lowest BCUT2D eigenvalue weighted by atomic mass is 10.1. The van der Waals surface area contributed by atoms with Crippen LogP contribution in [0.4, 0.5) is 13.2 Å². The number of phenols is 1. The summed E-state index contributed by atoms with van der Waals surface area (Å²) in [5.41, 5.74) is 1.47. The number of hydrogen-bond acceptors (Lipinski definition) is 4. The van der Waals surface area contributed by atoms with Crippen molar-refractivity contribution in [1.82, 2.24) is 4.98 Å². The smallest absolute Gasteiger partial charge is 0.416 e. The maximum Gasteiger partial charge on any atom is 0.416 e. The van der Waals surface area contributed by atoms with E-state index >= 15 is 0 Å². The van der Waals surface area contributed by atoms with Crippen molar-refractivity contribution in [2.45, 2.75) is 19.5 Å². The van der Waals surface area contributed by atoms with Gasteiger partial charge in [-0.3, -0.25) is 0 Å². The second-order valence-corrected chi connectivity index (χ2v) is 6.82. The van der Waals surface area contributed by atoms with Crippen LogP contribution in [0.5, 0.6) is 5.75 Å². The summed E-state index contributed by atoms with van der Waals surface area (Å²) in [5, 5.41) is 19.4. The zero-order valence-electron chi connectivity index (χ0n) is 13.6. The van der Waals surface area contributed by atoms with E-state index in [1.807, 2.05) is 6.07 Å². The first-order valence-electron chi connectivity index (χ1n) is 7.64. The number of nitriles is 1. The SMILES string of the molecule is Cc1nc(Cc2cccc(C(F)(F)F)c2)sc1-c1ccc(C#N)c(O)c1. The number of halogens is 3. The topological polar surface area (TPSA) is 56.9 Å². The number of aromatic hydroxyl groups is 1. The van der Waals surface area contributed by atoms with Gasteiger partial charge < -0.3 is 5.11 Å². The lowest BCUT2D eigenvalue weighted by molar-refractivity contribution is -0.137. The predicted octanol–water partition coefficient (Wildman–Crippen LogP) is 5.31. The normalized spacial score (nSPS) is 11.3. The number of nitrogens with zero attached hydrogens (tertiary/aromatic N) is 2. The Hall–Kier alpha value is -2.85. The molecular formula is C19H13F3N2OS. The second kappa shape index (κ2) is 6.81. The molecular weight excluding hydrogens is 361 g/mol. The van der Waals surface area contributed by atoms with Crippen molar-refractivity contribution < 1.29 is 18.3 Å². The molecule has 7 heteroatoms. The molecule has 1 N–H and O–H groups in total. The van der Waals surface area contributed by atoms with Crippen LogP contribution in [-0.4, -0.2) is 10.1 Å². The van der Waals surface area contributed by atoms with Crippen LogP contribution < -0.4 is 0 Å². The summed E-state index contributed by atoms with van der Waals surface area (Å²) >= 11 is 1.36. The second-order valence-electron chi connectivity index (χ2n) is 5.74. The number of aromatic nitrogens is 1. The lowest BCUT2D eigenvalue weighted by Crippen LogP contribution is -2.05. The Morgan fingerprint density at radius 1 is 1.19 bits per heavy atom. The van der Waals surface area contributed by atoms with Crippen LogP contribution in [0.15, 0.2) is 42.5 Å². The molecule has 0 unspecified atom stereocenters. The standard InChI is InChI=1S/C19H13F3N2OS/c1-11-18(13-5-6-14(10-23)16(25)9-13)26-17(24-11)8-12-3-2-4-15(7-12)19(20,21)22/h2-7,9,25H,8H2,1H3. The van der Waals surface area contributed by atoms with E-state index in [2.05, 4.69) is 4.98 Å². The first-order chi connectivity index (χ1) is 12.3. The molecule has 26 heavy (non-hydrogen) atoms. The maximum atomic E-state index is 12.8. The Morgan fingerprint density at radius 3 is 2.62 bits per heavy atom. The van der Waals surface area contributed by atoms with Crippen LogP contribution in [-0.2, 0) is 12.6 Å². The van der Waals surface area contributed by atoms with Crippen molar-refractivity contribution in [3.05, 3.63) is 69.9 Å². The highest BCUT2D eigenvalue weighted by Crippen LogP contribution is 2.34. The molecule has 3 nitrogen and oxygen atoms in total. The number of aryl methyl sites for hydroxylation is 1. The van der Waals surface area contributed by atoms with Crippen molar-refractivity contribution in [2.24, 2.45) is 0 Å². The van der Waals surface area contributed by atoms with Crippen LogP contribution in [0.25, 0.3) is 10.4 Å². The summed E-state index contributed by atoms with van der Waals surface area (Å²) in [6.45, 7) is 1.80. The van der Waals surface area contributed by atoms with Gasteiger partial charge in [0.05, 0.1) is 26.7 Å². The molecule has 0 aliphatic carbocycles. The average molecular weight is 374 g/mol. The first kappa shape index (κ1) is 18.0. The van der Waals surface area contributed by atoms with Crippen LogP contribution in [0, 0.1) is 18.3 Å². The molecule has 132 valence electrons. The van der Waals surface area contributed by atoms with Gasteiger partial charge in [0.2, 0.25) is 0 Å². The fraction of sp³-hybridized carbons (Fsp3) is 0.158. The molecule has 0 spiro atoms.